The lowest BCUT2D eigenvalue weighted by molar-refractivity contribution is 0.256. The molecule has 1 saturated carbocycles. The molecule has 0 spiro atoms. The number of ether oxygens (including phenoxy) is 1. The van der Waals surface area contributed by atoms with E-state index in [-0.39, 0.29) is 0 Å². The van der Waals surface area contributed by atoms with E-state index in [4.69, 9.17) is 22.1 Å². The number of nitrogens with one attached hydrogen (secondary N) is 1. The molecular weight excluding hydrogens is 236 g/mol. The topological polar surface area (TPSA) is 47.3 Å². The number of nitrogens with two attached hydrogens (primary N) is 1. The van der Waals surface area contributed by atoms with Crippen LogP contribution in [0.4, 0.5) is 0 Å². The van der Waals surface area contributed by atoms with E-state index in [1.807, 2.05) is 18.2 Å². The highest BCUT2D eigenvalue weighted by Gasteiger charge is 2.24. The van der Waals surface area contributed by atoms with Crippen LogP contribution in [0.2, 0.25) is 5.02 Å². The predicted octanol–water partition coefficient (Wildman–Crippen LogP) is 2.18. The molecule has 1 aliphatic carbocycles. The van der Waals surface area contributed by atoms with Crippen molar-refractivity contribution in [2.45, 2.75) is 25.4 Å². The maximum absolute atomic E-state index is 6.15. The molecule has 17 heavy (non-hydrogen) atoms. The van der Waals surface area contributed by atoms with E-state index in [1.165, 1.54) is 0 Å². The molecule has 0 heterocycles. The number of methoxy groups -OCH3 is 1. The Morgan fingerprint density at radius 1 is 1.47 bits per heavy atom. The third-order valence-electron chi connectivity index (χ3n) is 3.28. The van der Waals surface area contributed by atoms with Gasteiger partial charge in [0, 0.05) is 17.6 Å². The van der Waals surface area contributed by atoms with Crippen molar-refractivity contribution < 1.29 is 4.74 Å². The summed E-state index contributed by atoms with van der Waals surface area (Å²) in [5.74, 6) is 1.53. The van der Waals surface area contributed by atoms with Gasteiger partial charge in [0.1, 0.15) is 5.75 Å². The highest BCUT2D eigenvalue weighted by atomic mass is 35.5. The fourth-order valence-electron chi connectivity index (χ4n) is 2.16. The van der Waals surface area contributed by atoms with Crippen LogP contribution in [0.5, 0.6) is 5.75 Å². The first kappa shape index (κ1) is 12.7. The summed E-state index contributed by atoms with van der Waals surface area (Å²) in [6, 6.07) is 6.20. The molecular formula is C13H19ClN2O. The van der Waals surface area contributed by atoms with E-state index in [0.717, 1.165) is 48.2 Å². The van der Waals surface area contributed by atoms with E-state index in [9.17, 15) is 0 Å². The third kappa shape index (κ3) is 3.35. The van der Waals surface area contributed by atoms with Gasteiger partial charge < -0.3 is 15.8 Å². The van der Waals surface area contributed by atoms with Gasteiger partial charge in [-0.3, -0.25) is 0 Å². The molecule has 3 N–H and O–H groups in total. The van der Waals surface area contributed by atoms with E-state index < -0.39 is 0 Å². The summed E-state index contributed by atoms with van der Waals surface area (Å²) in [6.07, 6.45) is 2.28. The minimum absolute atomic E-state index is 0.423. The first-order chi connectivity index (χ1) is 8.19. The van der Waals surface area contributed by atoms with Crippen molar-refractivity contribution in [2.75, 3.05) is 13.7 Å². The molecule has 0 amide bonds. The summed E-state index contributed by atoms with van der Waals surface area (Å²) in [6.45, 7) is 1.82. The second-order valence-electron chi connectivity index (χ2n) is 4.69. The van der Waals surface area contributed by atoms with Gasteiger partial charge in [-0.1, -0.05) is 17.7 Å². The molecule has 1 aromatic carbocycles. The van der Waals surface area contributed by atoms with Crippen LogP contribution in [0.3, 0.4) is 0 Å². The summed E-state index contributed by atoms with van der Waals surface area (Å²) >= 11 is 6.15. The molecule has 0 aromatic heterocycles. The lowest BCUT2D eigenvalue weighted by Gasteiger charge is -2.32. The molecule has 0 saturated heterocycles. The molecule has 1 aliphatic rings. The van der Waals surface area contributed by atoms with Crippen LogP contribution in [-0.4, -0.2) is 19.7 Å². The van der Waals surface area contributed by atoms with E-state index in [0.29, 0.717) is 6.04 Å². The van der Waals surface area contributed by atoms with Gasteiger partial charge in [0.15, 0.2) is 0 Å². The normalized spacial score (nSPS) is 23.2. The lowest BCUT2D eigenvalue weighted by atomic mass is 9.81. The van der Waals surface area contributed by atoms with Crippen molar-refractivity contribution in [1.82, 2.24) is 5.32 Å². The Bertz CT molecular complexity index is 378. The smallest absolute Gasteiger partial charge is 0.120 e. The molecule has 0 aliphatic heterocycles. The van der Waals surface area contributed by atoms with Gasteiger partial charge in [0.05, 0.1) is 7.11 Å². The molecule has 0 unspecified atom stereocenters. The average Bonchev–Trinajstić information content (AvgIpc) is 2.28. The van der Waals surface area contributed by atoms with Gasteiger partial charge in [0.2, 0.25) is 0 Å². The Labute approximate surface area is 107 Å². The molecule has 94 valence electrons. The van der Waals surface area contributed by atoms with Crippen LogP contribution in [0.15, 0.2) is 18.2 Å². The Balaban J connectivity index is 1.78. The van der Waals surface area contributed by atoms with Crippen LogP contribution >= 0.6 is 11.6 Å². The first-order valence-electron chi connectivity index (χ1n) is 5.97. The van der Waals surface area contributed by atoms with Crippen molar-refractivity contribution in [3.05, 3.63) is 28.8 Å². The molecule has 1 aromatic rings. The van der Waals surface area contributed by atoms with Gasteiger partial charge >= 0.3 is 0 Å². The number of hydrogen-bond donors (Lipinski definition) is 2. The number of hydrogen-bond acceptors (Lipinski definition) is 3. The Morgan fingerprint density at radius 2 is 2.24 bits per heavy atom. The predicted molar refractivity (Wildman–Crippen MR) is 70.4 cm³/mol. The fourth-order valence-corrected chi connectivity index (χ4v) is 2.40. The Morgan fingerprint density at radius 3 is 2.82 bits per heavy atom. The van der Waals surface area contributed by atoms with Gasteiger partial charge in [-0.05, 0) is 43.0 Å². The number of benzene rings is 1. The number of rotatable bonds is 5. The third-order valence-corrected chi connectivity index (χ3v) is 3.63. The Kier molecular flexibility index (Phi) is 4.26. The highest BCUT2D eigenvalue weighted by molar-refractivity contribution is 6.31. The monoisotopic (exact) mass is 254 g/mol. The maximum Gasteiger partial charge on any atom is 0.120 e. The summed E-state index contributed by atoms with van der Waals surface area (Å²) in [5.41, 5.74) is 6.85. The SMILES string of the molecule is COc1ccc(CNCC2CC(N)C2)c(Cl)c1. The van der Waals surface area contributed by atoms with Crippen LogP contribution in [0, 0.1) is 5.92 Å². The molecule has 1 fully saturated rings. The second-order valence-corrected chi connectivity index (χ2v) is 5.09. The first-order valence-corrected chi connectivity index (χ1v) is 6.35. The zero-order valence-corrected chi connectivity index (χ0v) is 10.8. The minimum Gasteiger partial charge on any atom is -0.497 e. The highest BCUT2D eigenvalue weighted by Crippen LogP contribution is 2.25. The molecule has 3 nitrogen and oxygen atoms in total. The molecule has 0 atom stereocenters. The summed E-state index contributed by atoms with van der Waals surface area (Å²) in [5, 5.41) is 4.17. The number of halogens is 1. The van der Waals surface area contributed by atoms with Crippen molar-refractivity contribution in [3.8, 4) is 5.75 Å². The molecule has 4 heteroatoms. The van der Waals surface area contributed by atoms with Crippen molar-refractivity contribution >= 4 is 11.6 Å². The largest absolute Gasteiger partial charge is 0.497 e. The van der Waals surface area contributed by atoms with Gasteiger partial charge in [-0.2, -0.15) is 0 Å². The maximum atomic E-state index is 6.15. The van der Waals surface area contributed by atoms with Gasteiger partial charge in [0.25, 0.3) is 0 Å². The Hall–Kier alpha value is -0.770. The molecule has 2 rings (SSSR count). The van der Waals surface area contributed by atoms with Crippen LogP contribution in [0.1, 0.15) is 18.4 Å². The van der Waals surface area contributed by atoms with Crippen molar-refractivity contribution in [1.29, 1.82) is 0 Å². The average molecular weight is 255 g/mol. The van der Waals surface area contributed by atoms with Gasteiger partial charge in [-0.25, -0.2) is 0 Å². The lowest BCUT2D eigenvalue weighted by Crippen LogP contribution is -2.41. The van der Waals surface area contributed by atoms with Crippen LogP contribution < -0.4 is 15.8 Å². The molecule has 0 bridgehead atoms. The summed E-state index contributed by atoms with van der Waals surface area (Å²) < 4.78 is 5.11. The second kappa shape index (κ2) is 5.71. The standard InChI is InChI=1S/C13H19ClN2O/c1-17-12-3-2-10(13(14)6-12)8-16-7-9-4-11(15)5-9/h2-3,6,9,11,16H,4-5,7-8,15H2,1H3. The summed E-state index contributed by atoms with van der Waals surface area (Å²) in [4.78, 5) is 0. The van der Waals surface area contributed by atoms with Crippen molar-refractivity contribution in [3.63, 3.8) is 0 Å². The quantitative estimate of drug-likeness (QED) is 0.847. The van der Waals surface area contributed by atoms with E-state index in [1.54, 1.807) is 7.11 Å². The van der Waals surface area contributed by atoms with Crippen LogP contribution in [0.25, 0.3) is 0 Å². The zero-order chi connectivity index (χ0) is 12.3. The van der Waals surface area contributed by atoms with Crippen molar-refractivity contribution in [2.24, 2.45) is 11.7 Å². The summed E-state index contributed by atoms with van der Waals surface area (Å²) in [7, 11) is 1.64. The zero-order valence-electron chi connectivity index (χ0n) is 10.1. The van der Waals surface area contributed by atoms with Crippen LogP contribution in [-0.2, 0) is 6.54 Å². The van der Waals surface area contributed by atoms with E-state index >= 15 is 0 Å². The minimum atomic E-state index is 0.423. The van der Waals surface area contributed by atoms with Gasteiger partial charge in [-0.15, -0.1) is 0 Å². The fraction of sp³-hybridized carbons (Fsp3) is 0.538. The van der Waals surface area contributed by atoms with E-state index in [2.05, 4.69) is 5.32 Å². The molecule has 0 radical (unpaired) electrons.